The fourth-order valence-electron chi connectivity index (χ4n) is 1.58. The zero-order valence-electron chi connectivity index (χ0n) is 7.34. The standard InChI is InChI=1S/C8H12N2O3/c1-5(3-9)10-4-6(11)2-7(10)8(12)13/h5-7,11H,2,4H2,1H3,(H,12,13). The molecule has 1 saturated heterocycles. The van der Waals surface area contributed by atoms with Crippen molar-refractivity contribution in [1.29, 1.82) is 5.26 Å². The number of aliphatic hydroxyl groups is 1. The first-order valence-electron chi connectivity index (χ1n) is 4.12. The Morgan fingerprint density at radius 1 is 1.77 bits per heavy atom. The Bertz CT molecular complexity index is 248. The Balaban J connectivity index is 2.73. The van der Waals surface area contributed by atoms with Crippen molar-refractivity contribution in [2.24, 2.45) is 0 Å². The summed E-state index contributed by atoms with van der Waals surface area (Å²) in [6.07, 6.45) is -0.418. The molecular weight excluding hydrogens is 172 g/mol. The monoisotopic (exact) mass is 184 g/mol. The first-order chi connectivity index (χ1) is 6.06. The van der Waals surface area contributed by atoms with Gasteiger partial charge in [-0.05, 0) is 6.92 Å². The van der Waals surface area contributed by atoms with E-state index in [2.05, 4.69) is 0 Å². The van der Waals surface area contributed by atoms with Crippen molar-refractivity contribution in [3.8, 4) is 6.07 Å². The maximum absolute atomic E-state index is 10.7. The summed E-state index contributed by atoms with van der Waals surface area (Å²) in [5, 5.41) is 26.6. The molecule has 13 heavy (non-hydrogen) atoms. The van der Waals surface area contributed by atoms with Gasteiger partial charge in [0, 0.05) is 13.0 Å². The van der Waals surface area contributed by atoms with E-state index in [9.17, 15) is 9.90 Å². The Kier molecular flexibility index (Phi) is 2.86. The van der Waals surface area contributed by atoms with Gasteiger partial charge in [-0.25, -0.2) is 0 Å². The fraction of sp³-hybridized carbons (Fsp3) is 0.750. The molecule has 0 aliphatic carbocycles. The number of aliphatic carboxylic acids is 1. The van der Waals surface area contributed by atoms with Gasteiger partial charge in [-0.3, -0.25) is 9.69 Å². The number of carboxylic acids is 1. The highest BCUT2D eigenvalue weighted by Gasteiger charge is 2.38. The van der Waals surface area contributed by atoms with Crippen molar-refractivity contribution in [2.45, 2.75) is 31.5 Å². The van der Waals surface area contributed by atoms with Gasteiger partial charge in [0.15, 0.2) is 0 Å². The molecule has 0 bridgehead atoms. The lowest BCUT2D eigenvalue weighted by atomic mass is 10.2. The van der Waals surface area contributed by atoms with E-state index in [1.807, 2.05) is 6.07 Å². The summed E-state index contributed by atoms with van der Waals surface area (Å²) in [6.45, 7) is 1.90. The van der Waals surface area contributed by atoms with Crippen LogP contribution in [-0.2, 0) is 4.79 Å². The summed E-state index contributed by atoms with van der Waals surface area (Å²) in [5.41, 5.74) is 0. The minimum atomic E-state index is -0.973. The molecule has 0 saturated carbocycles. The maximum Gasteiger partial charge on any atom is 0.321 e. The topological polar surface area (TPSA) is 84.6 Å². The quantitative estimate of drug-likeness (QED) is 0.599. The highest BCUT2D eigenvalue weighted by Crippen LogP contribution is 2.20. The van der Waals surface area contributed by atoms with Crippen LogP contribution in [0.1, 0.15) is 13.3 Å². The third-order valence-corrected chi connectivity index (χ3v) is 2.29. The van der Waals surface area contributed by atoms with Gasteiger partial charge in [-0.15, -0.1) is 0 Å². The van der Waals surface area contributed by atoms with Gasteiger partial charge in [0.05, 0.1) is 18.2 Å². The zero-order valence-corrected chi connectivity index (χ0v) is 7.34. The second kappa shape index (κ2) is 3.73. The van der Waals surface area contributed by atoms with E-state index in [4.69, 9.17) is 10.4 Å². The van der Waals surface area contributed by atoms with Gasteiger partial charge in [0.1, 0.15) is 6.04 Å². The third-order valence-electron chi connectivity index (χ3n) is 2.29. The lowest BCUT2D eigenvalue weighted by Crippen LogP contribution is -2.41. The van der Waals surface area contributed by atoms with Crippen molar-refractivity contribution in [3.63, 3.8) is 0 Å². The number of β-amino-alcohol motifs (C(OH)–C–C–N with tert-alkyl or cyclic N) is 1. The van der Waals surface area contributed by atoms with E-state index >= 15 is 0 Å². The van der Waals surface area contributed by atoms with E-state index < -0.39 is 24.2 Å². The second-order valence-corrected chi connectivity index (χ2v) is 3.25. The Labute approximate surface area is 76.2 Å². The Hall–Kier alpha value is -1.12. The van der Waals surface area contributed by atoms with Crippen molar-refractivity contribution in [3.05, 3.63) is 0 Å². The van der Waals surface area contributed by atoms with Crippen LogP contribution < -0.4 is 0 Å². The molecule has 1 aliphatic rings. The van der Waals surface area contributed by atoms with Crippen LogP contribution in [0.25, 0.3) is 0 Å². The molecule has 72 valence electrons. The average Bonchev–Trinajstić information content (AvgIpc) is 2.46. The largest absolute Gasteiger partial charge is 0.480 e. The Morgan fingerprint density at radius 2 is 2.38 bits per heavy atom. The summed E-state index contributed by atoms with van der Waals surface area (Å²) >= 11 is 0. The van der Waals surface area contributed by atoms with Gasteiger partial charge in [-0.1, -0.05) is 0 Å². The molecule has 1 aliphatic heterocycles. The van der Waals surface area contributed by atoms with Crippen LogP contribution in [0.2, 0.25) is 0 Å². The normalized spacial score (nSPS) is 31.2. The molecule has 0 aromatic carbocycles. The predicted octanol–water partition coefficient (Wildman–Crippen LogP) is -0.582. The van der Waals surface area contributed by atoms with Crippen molar-refractivity contribution < 1.29 is 15.0 Å². The molecule has 1 fully saturated rings. The van der Waals surface area contributed by atoms with Crippen LogP contribution in [0.5, 0.6) is 0 Å². The van der Waals surface area contributed by atoms with Crippen LogP contribution in [0, 0.1) is 11.3 Å². The third kappa shape index (κ3) is 1.97. The number of aliphatic hydroxyl groups excluding tert-OH is 1. The molecule has 1 rings (SSSR count). The molecule has 5 nitrogen and oxygen atoms in total. The van der Waals surface area contributed by atoms with Gasteiger partial charge < -0.3 is 10.2 Å². The van der Waals surface area contributed by atoms with E-state index in [0.717, 1.165) is 0 Å². The molecule has 0 amide bonds. The molecule has 3 unspecified atom stereocenters. The van der Waals surface area contributed by atoms with Crippen LogP contribution in [0.4, 0.5) is 0 Å². The molecule has 5 heteroatoms. The molecule has 0 radical (unpaired) electrons. The average molecular weight is 184 g/mol. The molecule has 0 aromatic heterocycles. The number of likely N-dealkylation sites (tertiary alicyclic amines) is 1. The predicted molar refractivity (Wildman–Crippen MR) is 43.8 cm³/mol. The van der Waals surface area contributed by atoms with Crippen molar-refractivity contribution in [2.75, 3.05) is 6.54 Å². The van der Waals surface area contributed by atoms with Crippen LogP contribution in [-0.4, -0.2) is 45.8 Å². The first-order valence-corrected chi connectivity index (χ1v) is 4.12. The molecule has 3 atom stereocenters. The van der Waals surface area contributed by atoms with E-state index in [0.29, 0.717) is 0 Å². The van der Waals surface area contributed by atoms with E-state index in [1.165, 1.54) is 4.90 Å². The van der Waals surface area contributed by atoms with Gasteiger partial charge >= 0.3 is 5.97 Å². The summed E-state index contributed by atoms with van der Waals surface area (Å²) in [6, 6.07) is 0.786. The number of carboxylic acid groups (broad SMARTS) is 1. The summed E-state index contributed by atoms with van der Waals surface area (Å²) in [7, 11) is 0. The molecule has 2 N–H and O–H groups in total. The number of nitrogens with zero attached hydrogens (tertiary/aromatic N) is 2. The summed E-state index contributed by atoms with van der Waals surface area (Å²) in [5.74, 6) is -0.973. The van der Waals surface area contributed by atoms with E-state index in [-0.39, 0.29) is 13.0 Å². The van der Waals surface area contributed by atoms with Gasteiger partial charge in [-0.2, -0.15) is 5.26 Å². The molecule has 1 heterocycles. The SMILES string of the molecule is CC(C#N)N1CC(O)CC1C(=O)O. The minimum Gasteiger partial charge on any atom is -0.480 e. The van der Waals surface area contributed by atoms with Crippen LogP contribution >= 0.6 is 0 Å². The highest BCUT2D eigenvalue weighted by molar-refractivity contribution is 5.74. The summed E-state index contributed by atoms with van der Waals surface area (Å²) in [4.78, 5) is 12.2. The number of hydrogen-bond acceptors (Lipinski definition) is 4. The van der Waals surface area contributed by atoms with Gasteiger partial charge in [0.25, 0.3) is 0 Å². The number of nitriles is 1. The lowest BCUT2D eigenvalue weighted by molar-refractivity contribution is -0.142. The van der Waals surface area contributed by atoms with Crippen LogP contribution in [0.3, 0.4) is 0 Å². The van der Waals surface area contributed by atoms with Crippen LogP contribution in [0.15, 0.2) is 0 Å². The fourth-order valence-corrected chi connectivity index (χ4v) is 1.58. The first kappa shape index (κ1) is 9.96. The number of rotatable bonds is 2. The smallest absolute Gasteiger partial charge is 0.321 e. The molecule has 0 aromatic rings. The van der Waals surface area contributed by atoms with E-state index in [1.54, 1.807) is 6.92 Å². The zero-order chi connectivity index (χ0) is 10.0. The molecular formula is C8H12N2O3. The minimum absolute atomic E-state index is 0.210. The second-order valence-electron chi connectivity index (χ2n) is 3.25. The Morgan fingerprint density at radius 3 is 2.85 bits per heavy atom. The molecule has 0 spiro atoms. The van der Waals surface area contributed by atoms with Gasteiger partial charge in [0.2, 0.25) is 0 Å². The van der Waals surface area contributed by atoms with Crippen molar-refractivity contribution in [1.82, 2.24) is 4.90 Å². The summed E-state index contributed by atoms with van der Waals surface area (Å²) < 4.78 is 0. The number of carbonyl (C=O) groups is 1. The highest BCUT2D eigenvalue weighted by atomic mass is 16.4. The number of hydrogen-bond donors (Lipinski definition) is 2. The lowest BCUT2D eigenvalue weighted by Gasteiger charge is -2.22. The maximum atomic E-state index is 10.7. The van der Waals surface area contributed by atoms with Crippen molar-refractivity contribution >= 4 is 5.97 Å².